The van der Waals surface area contributed by atoms with Crippen molar-refractivity contribution in [2.24, 2.45) is 0 Å². The molecule has 1 aliphatic rings. The molecule has 1 N–H and O–H groups in total. The van der Waals surface area contributed by atoms with Crippen molar-refractivity contribution in [1.82, 2.24) is 9.78 Å². The van der Waals surface area contributed by atoms with Gasteiger partial charge in [0, 0.05) is 20.0 Å². The number of ketones is 1. The quantitative estimate of drug-likeness (QED) is 0.879. The molecule has 3 rings (SSSR count). The van der Waals surface area contributed by atoms with Gasteiger partial charge in [0.05, 0.1) is 17.6 Å². The van der Waals surface area contributed by atoms with E-state index in [1.807, 2.05) is 24.3 Å². The number of carbonyl (C=O) groups excluding carboxylic acids is 1. The van der Waals surface area contributed by atoms with Gasteiger partial charge in [0.15, 0.2) is 17.2 Å². The topological polar surface area (TPSA) is 75.4 Å². The zero-order chi connectivity index (χ0) is 16.4. The van der Waals surface area contributed by atoms with Gasteiger partial charge in [-0.2, -0.15) is 5.10 Å². The van der Waals surface area contributed by atoms with Crippen molar-refractivity contribution in [2.45, 2.75) is 26.2 Å². The molecule has 1 saturated heterocycles. The predicted octanol–water partition coefficient (Wildman–Crippen LogP) is 2.13. The number of rotatable bonds is 3. The molecule has 1 fully saturated rings. The van der Waals surface area contributed by atoms with Gasteiger partial charge in [-0.15, -0.1) is 0 Å². The van der Waals surface area contributed by atoms with Crippen molar-refractivity contribution in [3.8, 4) is 11.4 Å². The Kier molecular flexibility index (Phi) is 4.14. The minimum atomic E-state index is -0.732. The van der Waals surface area contributed by atoms with Crippen molar-refractivity contribution in [3.05, 3.63) is 46.4 Å². The van der Waals surface area contributed by atoms with Gasteiger partial charge in [-0.1, -0.05) is 12.1 Å². The summed E-state index contributed by atoms with van der Waals surface area (Å²) in [4.78, 5) is 25.7. The highest BCUT2D eigenvalue weighted by Crippen LogP contribution is 2.27. The van der Waals surface area contributed by atoms with E-state index in [1.165, 1.54) is 24.2 Å². The van der Waals surface area contributed by atoms with Gasteiger partial charge in [0.1, 0.15) is 0 Å². The minimum Gasteiger partial charge on any atom is -0.503 e. The van der Waals surface area contributed by atoms with Crippen LogP contribution in [0.4, 0.5) is 5.69 Å². The van der Waals surface area contributed by atoms with E-state index >= 15 is 0 Å². The summed E-state index contributed by atoms with van der Waals surface area (Å²) in [7, 11) is 0. The number of benzene rings is 1. The third-order valence-corrected chi connectivity index (χ3v) is 4.06. The molecule has 1 aromatic heterocycles. The summed E-state index contributed by atoms with van der Waals surface area (Å²) in [5.74, 6) is -0.936. The fourth-order valence-electron chi connectivity index (χ4n) is 2.89. The molecule has 1 aromatic carbocycles. The maximum absolute atomic E-state index is 11.8. The number of hydrogen-bond acceptors (Lipinski definition) is 5. The zero-order valence-corrected chi connectivity index (χ0v) is 13.0. The fourth-order valence-corrected chi connectivity index (χ4v) is 2.89. The molecule has 0 aliphatic carbocycles. The summed E-state index contributed by atoms with van der Waals surface area (Å²) in [5.41, 5.74) is 0.743. The molecule has 6 nitrogen and oxygen atoms in total. The predicted molar refractivity (Wildman–Crippen MR) is 87.6 cm³/mol. The smallest absolute Gasteiger partial charge is 0.252 e. The first-order chi connectivity index (χ1) is 11.1. The molecule has 0 radical (unpaired) electrons. The molecule has 0 bridgehead atoms. The van der Waals surface area contributed by atoms with Crippen molar-refractivity contribution < 1.29 is 9.90 Å². The number of carbonyl (C=O) groups is 1. The number of aromatic nitrogens is 2. The Bertz CT molecular complexity index is 792. The SMILES string of the molecule is CC(=O)c1nn(-c2ccccc2N2CCCCC2)cc(O)c1=O. The third kappa shape index (κ3) is 2.97. The summed E-state index contributed by atoms with van der Waals surface area (Å²) < 4.78 is 1.41. The third-order valence-electron chi connectivity index (χ3n) is 4.06. The van der Waals surface area contributed by atoms with Gasteiger partial charge in [0.2, 0.25) is 0 Å². The average molecular weight is 313 g/mol. The van der Waals surface area contributed by atoms with E-state index in [-0.39, 0.29) is 5.69 Å². The van der Waals surface area contributed by atoms with E-state index in [9.17, 15) is 14.7 Å². The number of para-hydroxylation sites is 2. The standard InChI is InChI=1S/C17H19N3O3/c1-12(21)16-17(23)15(22)11-20(18-16)14-8-4-3-7-13(14)19-9-5-2-6-10-19/h3-4,7-8,11,22H,2,5-6,9-10H2,1H3. The number of Topliss-reactive ketones (excluding diaryl/α,β-unsaturated/α-hetero) is 1. The van der Waals surface area contributed by atoms with Gasteiger partial charge in [-0.25, -0.2) is 4.68 Å². The Morgan fingerprint density at radius 2 is 1.78 bits per heavy atom. The largest absolute Gasteiger partial charge is 0.503 e. The zero-order valence-electron chi connectivity index (χ0n) is 13.0. The van der Waals surface area contributed by atoms with E-state index < -0.39 is 17.0 Å². The molecule has 0 atom stereocenters. The van der Waals surface area contributed by atoms with Gasteiger partial charge in [-0.3, -0.25) is 9.59 Å². The fraction of sp³-hybridized carbons (Fsp3) is 0.353. The van der Waals surface area contributed by atoms with Crippen LogP contribution >= 0.6 is 0 Å². The highest BCUT2D eigenvalue weighted by molar-refractivity contribution is 5.92. The Labute approximate surface area is 134 Å². The van der Waals surface area contributed by atoms with Gasteiger partial charge in [-0.05, 0) is 31.4 Å². The molecule has 0 saturated carbocycles. The van der Waals surface area contributed by atoms with E-state index in [2.05, 4.69) is 10.00 Å². The molecular weight excluding hydrogens is 294 g/mol. The molecule has 2 heterocycles. The molecule has 2 aromatic rings. The first-order valence-electron chi connectivity index (χ1n) is 7.76. The Hall–Kier alpha value is -2.63. The van der Waals surface area contributed by atoms with Crippen LogP contribution in [0.25, 0.3) is 5.69 Å². The van der Waals surface area contributed by atoms with Gasteiger partial charge >= 0.3 is 0 Å². The molecular formula is C17H19N3O3. The number of nitrogens with zero attached hydrogens (tertiary/aromatic N) is 3. The summed E-state index contributed by atoms with van der Waals surface area (Å²) in [6.07, 6.45) is 4.76. The van der Waals surface area contributed by atoms with E-state index in [1.54, 1.807) is 0 Å². The summed E-state index contributed by atoms with van der Waals surface area (Å²) >= 11 is 0. The van der Waals surface area contributed by atoms with E-state index in [0.29, 0.717) is 0 Å². The van der Waals surface area contributed by atoms with Crippen LogP contribution in [-0.2, 0) is 0 Å². The van der Waals surface area contributed by atoms with Crippen LogP contribution in [0.3, 0.4) is 0 Å². The summed E-state index contributed by atoms with van der Waals surface area (Å²) in [5, 5.41) is 14.0. The van der Waals surface area contributed by atoms with Crippen LogP contribution in [-0.4, -0.2) is 33.8 Å². The number of anilines is 1. The second-order valence-corrected chi connectivity index (χ2v) is 5.73. The van der Waals surface area contributed by atoms with Gasteiger partial charge < -0.3 is 10.0 Å². The molecule has 23 heavy (non-hydrogen) atoms. The molecule has 1 aliphatic heterocycles. The normalized spacial score (nSPS) is 14.7. The number of hydrogen-bond donors (Lipinski definition) is 1. The van der Waals surface area contributed by atoms with Crippen LogP contribution in [0.2, 0.25) is 0 Å². The lowest BCUT2D eigenvalue weighted by Gasteiger charge is -2.30. The molecule has 0 unspecified atom stereocenters. The maximum Gasteiger partial charge on any atom is 0.252 e. The minimum absolute atomic E-state index is 0.251. The first-order valence-corrected chi connectivity index (χ1v) is 7.76. The molecule has 0 amide bonds. The van der Waals surface area contributed by atoms with E-state index in [4.69, 9.17) is 0 Å². The Morgan fingerprint density at radius 3 is 2.43 bits per heavy atom. The summed E-state index contributed by atoms with van der Waals surface area (Å²) in [6.45, 7) is 3.19. The molecule has 6 heteroatoms. The van der Waals surface area contributed by atoms with Crippen LogP contribution < -0.4 is 10.3 Å². The first kappa shape index (κ1) is 15.3. The Balaban J connectivity index is 2.12. The highest BCUT2D eigenvalue weighted by atomic mass is 16.3. The van der Waals surface area contributed by atoms with Crippen molar-refractivity contribution in [1.29, 1.82) is 0 Å². The van der Waals surface area contributed by atoms with Crippen LogP contribution in [0.15, 0.2) is 35.3 Å². The van der Waals surface area contributed by atoms with Crippen LogP contribution in [0.5, 0.6) is 5.75 Å². The number of aromatic hydroxyl groups is 1. The molecule has 120 valence electrons. The molecule has 0 spiro atoms. The highest BCUT2D eigenvalue weighted by Gasteiger charge is 2.18. The van der Waals surface area contributed by atoms with Crippen LogP contribution in [0, 0.1) is 0 Å². The monoisotopic (exact) mass is 313 g/mol. The van der Waals surface area contributed by atoms with Crippen LogP contribution in [0.1, 0.15) is 36.7 Å². The second-order valence-electron chi connectivity index (χ2n) is 5.73. The lowest BCUT2D eigenvalue weighted by molar-refractivity contribution is 0.100. The lowest BCUT2D eigenvalue weighted by Crippen LogP contribution is -2.30. The maximum atomic E-state index is 11.8. The van der Waals surface area contributed by atoms with E-state index in [0.717, 1.165) is 37.3 Å². The van der Waals surface area contributed by atoms with Crippen molar-refractivity contribution in [3.63, 3.8) is 0 Å². The van der Waals surface area contributed by atoms with Gasteiger partial charge in [0.25, 0.3) is 5.43 Å². The van der Waals surface area contributed by atoms with Crippen molar-refractivity contribution >= 4 is 11.5 Å². The Morgan fingerprint density at radius 1 is 1.13 bits per heavy atom. The summed E-state index contributed by atoms with van der Waals surface area (Å²) in [6, 6.07) is 7.67. The number of piperidine rings is 1. The average Bonchev–Trinajstić information content (AvgIpc) is 2.57. The lowest BCUT2D eigenvalue weighted by atomic mass is 10.1. The van der Waals surface area contributed by atoms with Crippen molar-refractivity contribution in [2.75, 3.05) is 18.0 Å². The second kappa shape index (κ2) is 6.24.